The highest BCUT2D eigenvalue weighted by Crippen LogP contribution is 2.31. The van der Waals surface area contributed by atoms with Crippen LogP contribution in [0.4, 0.5) is 17.5 Å². The van der Waals surface area contributed by atoms with Crippen molar-refractivity contribution < 1.29 is 4.74 Å². The molecule has 3 aromatic rings. The van der Waals surface area contributed by atoms with Gasteiger partial charge in [0.2, 0.25) is 5.95 Å². The average molecular weight is 360 g/mol. The molecule has 0 aliphatic carbocycles. The average Bonchev–Trinajstić information content (AvgIpc) is 2.71. The number of ether oxygens (including phenoxy) is 1. The molecule has 0 amide bonds. The summed E-state index contributed by atoms with van der Waals surface area (Å²) in [6.45, 7) is 4.31. The molecule has 1 fully saturated rings. The number of piperidine rings is 1. The van der Waals surface area contributed by atoms with Crippen LogP contribution in [0.3, 0.4) is 0 Å². The summed E-state index contributed by atoms with van der Waals surface area (Å²) in [7, 11) is 0. The summed E-state index contributed by atoms with van der Waals surface area (Å²) in [5, 5.41) is 3.38. The van der Waals surface area contributed by atoms with E-state index < -0.39 is 0 Å². The molecular weight excluding hydrogens is 336 g/mol. The number of nitrogens with one attached hydrogen (secondary N) is 1. The topological polar surface area (TPSA) is 50.3 Å². The molecule has 1 unspecified atom stereocenters. The third-order valence-corrected chi connectivity index (χ3v) is 4.70. The molecule has 1 aromatic heterocycles. The van der Waals surface area contributed by atoms with E-state index in [0.717, 1.165) is 42.0 Å². The van der Waals surface area contributed by atoms with Gasteiger partial charge in [-0.05, 0) is 49.1 Å². The minimum atomic E-state index is 0.680. The first-order valence-electron chi connectivity index (χ1n) is 9.45. The Kier molecular flexibility index (Phi) is 5.19. The molecule has 4 rings (SSSR count). The van der Waals surface area contributed by atoms with Gasteiger partial charge < -0.3 is 15.0 Å². The molecule has 1 saturated heterocycles. The van der Waals surface area contributed by atoms with Crippen molar-refractivity contribution in [3.05, 3.63) is 66.9 Å². The fourth-order valence-electron chi connectivity index (χ4n) is 3.35. The Morgan fingerprint density at radius 2 is 1.85 bits per heavy atom. The van der Waals surface area contributed by atoms with Crippen LogP contribution in [0.25, 0.3) is 0 Å². The van der Waals surface area contributed by atoms with Crippen molar-refractivity contribution in [3.8, 4) is 11.5 Å². The summed E-state index contributed by atoms with van der Waals surface area (Å²) in [6, 6.07) is 19.5. The Bertz CT molecular complexity index is 884. The van der Waals surface area contributed by atoms with Gasteiger partial charge in [-0.25, -0.2) is 4.98 Å². The van der Waals surface area contributed by atoms with Gasteiger partial charge in [0.15, 0.2) is 5.75 Å². The monoisotopic (exact) mass is 360 g/mol. The van der Waals surface area contributed by atoms with Crippen LogP contribution in [0, 0.1) is 5.92 Å². The molecule has 1 aliphatic heterocycles. The Balaban J connectivity index is 1.53. The number of para-hydroxylation sites is 3. The van der Waals surface area contributed by atoms with E-state index in [9.17, 15) is 0 Å². The van der Waals surface area contributed by atoms with Gasteiger partial charge in [0.05, 0.1) is 5.69 Å². The molecule has 1 atom stereocenters. The van der Waals surface area contributed by atoms with Crippen LogP contribution < -0.4 is 15.0 Å². The molecule has 2 aromatic carbocycles. The minimum Gasteiger partial charge on any atom is -0.455 e. The molecule has 0 spiro atoms. The summed E-state index contributed by atoms with van der Waals surface area (Å²) in [6.07, 6.45) is 4.28. The highest BCUT2D eigenvalue weighted by molar-refractivity contribution is 5.65. The largest absolute Gasteiger partial charge is 0.455 e. The van der Waals surface area contributed by atoms with Crippen LogP contribution in [-0.4, -0.2) is 23.1 Å². The molecule has 0 bridgehead atoms. The predicted octanol–water partition coefficient (Wildman–Crippen LogP) is 5.25. The molecule has 0 saturated carbocycles. The number of benzene rings is 2. The van der Waals surface area contributed by atoms with E-state index in [-0.39, 0.29) is 0 Å². The Hall–Kier alpha value is -3.08. The SMILES string of the molecule is CC1CCCN(c2nccc(Nc3ccccc3Oc3ccccc3)n2)C1. The lowest BCUT2D eigenvalue weighted by Crippen LogP contribution is -2.35. The molecular formula is C22H24N4O. The van der Waals surface area contributed by atoms with Crippen LogP contribution in [0.1, 0.15) is 19.8 Å². The summed E-state index contributed by atoms with van der Waals surface area (Å²) in [5.74, 6) is 3.79. The van der Waals surface area contributed by atoms with E-state index in [1.54, 1.807) is 0 Å². The van der Waals surface area contributed by atoms with Crippen LogP contribution in [0.2, 0.25) is 0 Å². The third kappa shape index (κ3) is 4.37. The van der Waals surface area contributed by atoms with Gasteiger partial charge in [-0.1, -0.05) is 37.3 Å². The molecule has 5 nitrogen and oxygen atoms in total. The van der Waals surface area contributed by atoms with E-state index >= 15 is 0 Å². The smallest absolute Gasteiger partial charge is 0.227 e. The van der Waals surface area contributed by atoms with Crippen molar-refractivity contribution in [2.45, 2.75) is 19.8 Å². The lowest BCUT2D eigenvalue weighted by Gasteiger charge is -2.31. The summed E-state index contributed by atoms with van der Waals surface area (Å²) < 4.78 is 6.03. The van der Waals surface area contributed by atoms with Gasteiger partial charge in [0, 0.05) is 19.3 Å². The number of anilines is 3. The Labute approximate surface area is 160 Å². The van der Waals surface area contributed by atoms with Crippen LogP contribution in [0.15, 0.2) is 66.9 Å². The maximum Gasteiger partial charge on any atom is 0.227 e. The Morgan fingerprint density at radius 1 is 1.04 bits per heavy atom. The maximum absolute atomic E-state index is 6.03. The van der Waals surface area contributed by atoms with Gasteiger partial charge in [-0.3, -0.25) is 0 Å². The third-order valence-electron chi connectivity index (χ3n) is 4.70. The summed E-state index contributed by atoms with van der Waals surface area (Å²) in [4.78, 5) is 11.5. The predicted molar refractivity (Wildman–Crippen MR) is 109 cm³/mol. The molecule has 1 aliphatic rings. The number of rotatable bonds is 5. The van der Waals surface area contributed by atoms with E-state index in [2.05, 4.69) is 22.1 Å². The quantitative estimate of drug-likeness (QED) is 0.673. The second-order valence-electron chi connectivity index (χ2n) is 6.97. The van der Waals surface area contributed by atoms with Crippen molar-refractivity contribution in [1.29, 1.82) is 0 Å². The van der Waals surface area contributed by atoms with Crippen molar-refractivity contribution in [2.24, 2.45) is 5.92 Å². The highest BCUT2D eigenvalue weighted by Gasteiger charge is 2.18. The van der Waals surface area contributed by atoms with Crippen LogP contribution >= 0.6 is 0 Å². The zero-order valence-corrected chi connectivity index (χ0v) is 15.5. The molecule has 2 heterocycles. The zero-order chi connectivity index (χ0) is 18.5. The van der Waals surface area contributed by atoms with E-state index in [0.29, 0.717) is 5.92 Å². The number of hydrogen-bond donors (Lipinski definition) is 1. The lowest BCUT2D eigenvalue weighted by molar-refractivity contribution is 0.442. The van der Waals surface area contributed by atoms with Gasteiger partial charge in [0.25, 0.3) is 0 Å². The fraction of sp³-hybridized carbons (Fsp3) is 0.273. The van der Waals surface area contributed by atoms with Gasteiger partial charge in [-0.2, -0.15) is 4.98 Å². The first-order chi connectivity index (χ1) is 13.3. The van der Waals surface area contributed by atoms with Crippen molar-refractivity contribution in [2.75, 3.05) is 23.3 Å². The van der Waals surface area contributed by atoms with Gasteiger partial charge >= 0.3 is 0 Å². The first kappa shape index (κ1) is 17.3. The zero-order valence-electron chi connectivity index (χ0n) is 15.5. The first-order valence-corrected chi connectivity index (χ1v) is 9.45. The molecule has 1 N–H and O–H groups in total. The van der Waals surface area contributed by atoms with Crippen molar-refractivity contribution in [1.82, 2.24) is 9.97 Å². The van der Waals surface area contributed by atoms with Crippen molar-refractivity contribution >= 4 is 17.5 Å². The lowest BCUT2D eigenvalue weighted by atomic mass is 10.0. The minimum absolute atomic E-state index is 0.680. The van der Waals surface area contributed by atoms with Gasteiger partial charge in [-0.15, -0.1) is 0 Å². The second kappa shape index (κ2) is 8.08. The second-order valence-corrected chi connectivity index (χ2v) is 6.97. The van der Waals surface area contributed by atoms with Crippen LogP contribution in [0.5, 0.6) is 11.5 Å². The molecule has 0 radical (unpaired) electrons. The number of aromatic nitrogens is 2. The number of hydrogen-bond acceptors (Lipinski definition) is 5. The molecule has 138 valence electrons. The Morgan fingerprint density at radius 3 is 2.70 bits per heavy atom. The van der Waals surface area contributed by atoms with E-state index in [4.69, 9.17) is 9.72 Å². The maximum atomic E-state index is 6.03. The molecule has 5 heteroatoms. The summed E-state index contributed by atoms with van der Waals surface area (Å²) >= 11 is 0. The fourth-order valence-corrected chi connectivity index (χ4v) is 3.35. The summed E-state index contributed by atoms with van der Waals surface area (Å²) in [5.41, 5.74) is 0.873. The standard InChI is InChI=1S/C22H24N4O/c1-17-8-7-15-26(16-17)22-23-14-13-21(25-22)24-19-11-5-6-12-20(19)27-18-9-3-2-4-10-18/h2-6,9-14,17H,7-8,15-16H2,1H3,(H,23,24,25). The number of nitrogens with zero attached hydrogens (tertiary/aromatic N) is 3. The van der Waals surface area contributed by atoms with E-state index in [1.165, 1.54) is 12.8 Å². The highest BCUT2D eigenvalue weighted by atomic mass is 16.5. The normalized spacial score (nSPS) is 16.8. The van der Waals surface area contributed by atoms with Crippen LogP contribution in [-0.2, 0) is 0 Å². The van der Waals surface area contributed by atoms with Crippen molar-refractivity contribution in [3.63, 3.8) is 0 Å². The van der Waals surface area contributed by atoms with E-state index in [1.807, 2.05) is 66.9 Å². The molecule has 27 heavy (non-hydrogen) atoms. The van der Waals surface area contributed by atoms with Gasteiger partial charge in [0.1, 0.15) is 11.6 Å².